The molecule has 1 atom stereocenters. The average molecular weight is 273 g/mol. The lowest BCUT2D eigenvalue weighted by atomic mass is 10.0. The highest BCUT2D eigenvalue weighted by atomic mass is 16.5. The number of pyridine rings is 1. The van der Waals surface area contributed by atoms with Crippen LogP contribution >= 0.6 is 0 Å². The van der Waals surface area contributed by atoms with Crippen molar-refractivity contribution in [1.82, 2.24) is 4.98 Å². The van der Waals surface area contributed by atoms with E-state index in [0.717, 1.165) is 16.9 Å². The summed E-state index contributed by atoms with van der Waals surface area (Å²) in [4.78, 5) is 4.25. The van der Waals surface area contributed by atoms with Crippen LogP contribution in [0, 0.1) is 6.92 Å². The Morgan fingerprint density at radius 2 is 1.95 bits per heavy atom. The molecular weight excluding hydrogens is 254 g/mol. The number of aliphatic hydroxyl groups excluding tert-OH is 1. The van der Waals surface area contributed by atoms with Crippen LogP contribution in [-0.2, 0) is 6.42 Å². The van der Waals surface area contributed by atoms with Gasteiger partial charge in [-0.15, -0.1) is 0 Å². The van der Waals surface area contributed by atoms with Crippen molar-refractivity contribution in [2.45, 2.75) is 19.4 Å². The van der Waals surface area contributed by atoms with Crippen LogP contribution in [0.3, 0.4) is 0 Å². The number of ether oxygens (including phenoxy) is 2. The third-order valence-electron chi connectivity index (χ3n) is 3.14. The zero-order chi connectivity index (χ0) is 14.5. The van der Waals surface area contributed by atoms with Crippen LogP contribution in [0.15, 0.2) is 36.4 Å². The average Bonchev–Trinajstić information content (AvgIpc) is 2.47. The maximum Gasteiger partial charge on any atom is 0.213 e. The van der Waals surface area contributed by atoms with E-state index in [0.29, 0.717) is 18.0 Å². The van der Waals surface area contributed by atoms with Gasteiger partial charge < -0.3 is 14.6 Å². The van der Waals surface area contributed by atoms with Crippen molar-refractivity contribution in [2.24, 2.45) is 0 Å². The summed E-state index contributed by atoms with van der Waals surface area (Å²) >= 11 is 0. The lowest BCUT2D eigenvalue weighted by Crippen LogP contribution is -2.06. The fourth-order valence-corrected chi connectivity index (χ4v) is 2.11. The molecule has 0 saturated heterocycles. The zero-order valence-corrected chi connectivity index (χ0v) is 12.0. The quantitative estimate of drug-likeness (QED) is 0.910. The molecule has 0 aliphatic heterocycles. The third-order valence-corrected chi connectivity index (χ3v) is 3.14. The monoisotopic (exact) mass is 273 g/mol. The number of aromatic nitrogens is 1. The van der Waals surface area contributed by atoms with E-state index in [2.05, 4.69) is 4.98 Å². The van der Waals surface area contributed by atoms with Gasteiger partial charge in [-0.3, -0.25) is 0 Å². The number of benzene rings is 1. The van der Waals surface area contributed by atoms with Crippen LogP contribution in [0.1, 0.15) is 22.9 Å². The molecule has 106 valence electrons. The summed E-state index contributed by atoms with van der Waals surface area (Å²) in [5.41, 5.74) is 2.68. The molecule has 0 amide bonds. The van der Waals surface area contributed by atoms with E-state index in [4.69, 9.17) is 9.47 Å². The normalized spacial score (nSPS) is 12.0. The van der Waals surface area contributed by atoms with Gasteiger partial charge in [0.15, 0.2) is 0 Å². The number of aryl methyl sites for hydroxylation is 1. The molecule has 1 unspecified atom stereocenters. The largest absolute Gasteiger partial charge is 0.496 e. The standard InChI is InChI=1S/C16H19NO3/c1-11-7-8-15(19-2)12(9-11)10-14(18)13-5-4-6-16(17-13)20-3/h4-9,14,18H,10H2,1-3H3. The summed E-state index contributed by atoms with van der Waals surface area (Å²) in [6.45, 7) is 2.01. The second kappa shape index (κ2) is 6.39. The molecule has 0 aliphatic rings. The fourth-order valence-electron chi connectivity index (χ4n) is 2.11. The van der Waals surface area contributed by atoms with Crippen molar-refractivity contribution in [1.29, 1.82) is 0 Å². The summed E-state index contributed by atoms with van der Waals surface area (Å²) in [6, 6.07) is 11.3. The van der Waals surface area contributed by atoms with Gasteiger partial charge in [-0.05, 0) is 24.6 Å². The number of hydrogen-bond donors (Lipinski definition) is 1. The van der Waals surface area contributed by atoms with Gasteiger partial charge in [0.25, 0.3) is 0 Å². The molecular formula is C16H19NO3. The van der Waals surface area contributed by atoms with Gasteiger partial charge in [-0.2, -0.15) is 0 Å². The minimum absolute atomic E-state index is 0.449. The van der Waals surface area contributed by atoms with Gasteiger partial charge >= 0.3 is 0 Å². The minimum atomic E-state index is -0.694. The first-order valence-electron chi connectivity index (χ1n) is 6.46. The maximum absolute atomic E-state index is 10.3. The van der Waals surface area contributed by atoms with E-state index in [9.17, 15) is 5.11 Å². The molecule has 4 heteroatoms. The van der Waals surface area contributed by atoms with Crippen molar-refractivity contribution < 1.29 is 14.6 Å². The highest BCUT2D eigenvalue weighted by Gasteiger charge is 2.14. The summed E-state index contributed by atoms with van der Waals surface area (Å²) < 4.78 is 10.4. The first kappa shape index (κ1) is 14.3. The highest BCUT2D eigenvalue weighted by molar-refractivity contribution is 5.37. The second-order valence-electron chi connectivity index (χ2n) is 4.64. The molecule has 1 heterocycles. The van der Waals surface area contributed by atoms with Crippen LogP contribution in [0.5, 0.6) is 11.6 Å². The molecule has 4 nitrogen and oxygen atoms in total. The van der Waals surface area contributed by atoms with Gasteiger partial charge in [0.1, 0.15) is 11.9 Å². The molecule has 20 heavy (non-hydrogen) atoms. The molecule has 0 fully saturated rings. The molecule has 1 aromatic heterocycles. The van der Waals surface area contributed by atoms with Crippen LogP contribution in [0.25, 0.3) is 0 Å². The van der Waals surface area contributed by atoms with E-state index in [1.165, 1.54) is 0 Å². The Hall–Kier alpha value is -2.07. The molecule has 1 aromatic carbocycles. The minimum Gasteiger partial charge on any atom is -0.496 e. The van der Waals surface area contributed by atoms with Crippen molar-refractivity contribution in [3.63, 3.8) is 0 Å². The topological polar surface area (TPSA) is 51.6 Å². The van der Waals surface area contributed by atoms with Gasteiger partial charge in [-0.25, -0.2) is 4.98 Å². The molecule has 1 N–H and O–H groups in total. The Kier molecular flexibility index (Phi) is 4.58. The van der Waals surface area contributed by atoms with Gasteiger partial charge in [0.05, 0.1) is 19.9 Å². The van der Waals surface area contributed by atoms with E-state index in [1.807, 2.05) is 31.2 Å². The van der Waals surface area contributed by atoms with Crippen molar-refractivity contribution in [3.8, 4) is 11.6 Å². The highest BCUT2D eigenvalue weighted by Crippen LogP contribution is 2.26. The Balaban J connectivity index is 2.22. The molecule has 0 spiro atoms. The Bertz CT molecular complexity index is 584. The number of hydrogen-bond acceptors (Lipinski definition) is 4. The summed E-state index contributed by atoms with van der Waals surface area (Å²) in [7, 11) is 3.19. The summed E-state index contributed by atoms with van der Waals surface area (Å²) in [5, 5.41) is 10.3. The van der Waals surface area contributed by atoms with E-state index < -0.39 is 6.10 Å². The predicted octanol–water partition coefficient (Wildman–Crippen LogP) is 2.68. The molecule has 2 aromatic rings. The van der Waals surface area contributed by atoms with Crippen molar-refractivity contribution in [2.75, 3.05) is 14.2 Å². The van der Waals surface area contributed by atoms with Gasteiger partial charge in [-0.1, -0.05) is 23.8 Å². The first-order chi connectivity index (χ1) is 9.63. The van der Waals surface area contributed by atoms with E-state index >= 15 is 0 Å². The van der Waals surface area contributed by atoms with Gasteiger partial charge in [0, 0.05) is 12.5 Å². The number of aliphatic hydroxyl groups is 1. The summed E-state index contributed by atoms with van der Waals surface area (Å²) in [5.74, 6) is 1.27. The Labute approximate surface area is 119 Å². The Morgan fingerprint density at radius 3 is 2.65 bits per heavy atom. The lowest BCUT2D eigenvalue weighted by molar-refractivity contribution is 0.171. The first-order valence-corrected chi connectivity index (χ1v) is 6.46. The van der Waals surface area contributed by atoms with Crippen LogP contribution in [0.2, 0.25) is 0 Å². The van der Waals surface area contributed by atoms with Crippen LogP contribution in [-0.4, -0.2) is 24.3 Å². The van der Waals surface area contributed by atoms with Crippen LogP contribution in [0.4, 0.5) is 0 Å². The lowest BCUT2D eigenvalue weighted by Gasteiger charge is -2.14. The van der Waals surface area contributed by atoms with Crippen molar-refractivity contribution >= 4 is 0 Å². The molecule has 0 bridgehead atoms. The third kappa shape index (κ3) is 3.27. The van der Waals surface area contributed by atoms with Crippen LogP contribution < -0.4 is 9.47 Å². The number of nitrogens with zero attached hydrogens (tertiary/aromatic N) is 1. The fraction of sp³-hybridized carbons (Fsp3) is 0.312. The number of methoxy groups -OCH3 is 2. The van der Waals surface area contributed by atoms with E-state index in [1.54, 1.807) is 26.4 Å². The van der Waals surface area contributed by atoms with Gasteiger partial charge in [0.2, 0.25) is 5.88 Å². The zero-order valence-electron chi connectivity index (χ0n) is 12.0. The molecule has 0 aliphatic carbocycles. The second-order valence-corrected chi connectivity index (χ2v) is 4.64. The van der Waals surface area contributed by atoms with E-state index in [-0.39, 0.29) is 0 Å². The predicted molar refractivity (Wildman–Crippen MR) is 77.2 cm³/mol. The van der Waals surface area contributed by atoms with Crippen molar-refractivity contribution in [3.05, 3.63) is 53.2 Å². The SMILES string of the molecule is COc1cccc(C(O)Cc2cc(C)ccc2OC)n1. The maximum atomic E-state index is 10.3. The molecule has 2 rings (SSSR count). The Morgan fingerprint density at radius 1 is 1.15 bits per heavy atom. The molecule has 0 saturated carbocycles. The smallest absolute Gasteiger partial charge is 0.213 e. The molecule has 0 radical (unpaired) electrons. The summed E-state index contributed by atoms with van der Waals surface area (Å²) in [6.07, 6.45) is -0.244. The number of rotatable bonds is 5.